The number of ketones is 1. The zero-order chi connectivity index (χ0) is 12.6. The van der Waals surface area contributed by atoms with E-state index >= 15 is 0 Å². The van der Waals surface area contributed by atoms with Crippen molar-refractivity contribution in [1.82, 2.24) is 4.98 Å². The summed E-state index contributed by atoms with van der Waals surface area (Å²) in [4.78, 5) is 14.4. The minimum Gasteiger partial charge on any atom is -0.292 e. The van der Waals surface area contributed by atoms with Crippen LogP contribution in [0.25, 0.3) is 0 Å². The van der Waals surface area contributed by atoms with Gasteiger partial charge < -0.3 is 0 Å². The summed E-state index contributed by atoms with van der Waals surface area (Å²) >= 11 is 1.08. The first-order chi connectivity index (χ1) is 7.14. The van der Waals surface area contributed by atoms with Gasteiger partial charge in [0.25, 0.3) is 0 Å². The van der Waals surface area contributed by atoms with Gasteiger partial charge in [-0.3, -0.25) is 4.79 Å². The van der Waals surface area contributed by atoms with Crippen molar-refractivity contribution in [3.63, 3.8) is 0 Å². The van der Waals surface area contributed by atoms with Gasteiger partial charge in [-0.05, 0) is 6.92 Å². The number of Topliss-reactive ketones (excluding diaryl/α,β-unsaturated/α-hetero) is 1. The maximum absolute atomic E-state index is 12.5. The van der Waals surface area contributed by atoms with Crippen molar-refractivity contribution >= 4 is 17.1 Å². The number of carbonyl (C=O) groups is 1. The molecule has 0 unspecified atom stereocenters. The van der Waals surface area contributed by atoms with Crippen molar-refractivity contribution in [1.29, 1.82) is 0 Å². The van der Waals surface area contributed by atoms with Gasteiger partial charge in [-0.2, -0.15) is 22.0 Å². The number of nitrogens with zero attached hydrogens (tertiary/aromatic N) is 1. The summed E-state index contributed by atoms with van der Waals surface area (Å²) in [6.07, 6.45) is -6.87. The lowest BCUT2D eigenvalue weighted by Gasteiger charge is -2.17. The second kappa shape index (κ2) is 4.08. The van der Waals surface area contributed by atoms with E-state index in [-0.39, 0.29) is 5.69 Å². The maximum Gasteiger partial charge on any atom is 0.461 e. The quantitative estimate of drug-likeness (QED) is 0.781. The molecule has 2 nitrogen and oxygen atoms in total. The van der Waals surface area contributed by atoms with Crippen LogP contribution in [0.3, 0.4) is 0 Å². The molecule has 0 aromatic carbocycles. The second-order valence-corrected chi connectivity index (χ2v) is 4.09. The molecule has 0 spiro atoms. The molecule has 0 N–H and O–H groups in total. The summed E-state index contributed by atoms with van der Waals surface area (Å²) in [6.45, 7) is 1.56. The molecule has 0 bridgehead atoms. The molecule has 1 aromatic rings. The number of aromatic nitrogens is 1. The summed E-state index contributed by atoms with van der Waals surface area (Å²) in [6, 6.07) is 0. The predicted octanol–water partition coefficient (Wildman–Crippen LogP) is 2.76. The molecular formula is C8H6F5NOS. The van der Waals surface area contributed by atoms with Gasteiger partial charge in [-0.15, -0.1) is 11.3 Å². The Morgan fingerprint density at radius 3 is 2.31 bits per heavy atom. The predicted molar refractivity (Wildman–Crippen MR) is 46.6 cm³/mol. The van der Waals surface area contributed by atoms with Crippen LogP contribution in [0.2, 0.25) is 0 Å². The summed E-state index contributed by atoms with van der Waals surface area (Å²) in [5.74, 6) is -7.50. The van der Waals surface area contributed by atoms with Crippen molar-refractivity contribution in [3.8, 4) is 0 Å². The standard InChI is InChI=1S/C8H6F5NOS/c1-4-14-5(3-16-4)2-6(15)7(9,10)8(11,12)13/h3H,2H2,1H3. The van der Waals surface area contributed by atoms with E-state index < -0.39 is 24.3 Å². The van der Waals surface area contributed by atoms with Gasteiger partial charge >= 0.3 is 12.1 Å². The monoisotopic (exact) mass is 259 g/mol. The number of aryl methyl sites for hydroxylation is 1. The van der Waals surface area contributed by atoms with Gasteiger partial charge in [-0.1, -0.05) is 0 Å². The van der Waals surface area contributed by atoms with E-state index in [9.17, 15) is 26.7 Å². The lowest BCUT2D eigenvalue weighted by Crippen LogP contribution is -2.44. The van der Waals surface area contributed by atoms with E-state index in [2.05, 4.69) is 4.98 Å². The van der Waals surface area contributed by atoms with Gasteiger partial charge in [0.2, 0.25) is 5.78 Å². The number of halogens is 5. The van der Waals surface area contributed by atoms with Crippen LogP contribution in [0, 0.1) is 6.92 Å². The zero-order valence-electron chi connectivity index (χ0n) is 7.94. The van der Waals surface area contributed by atoms with Crippen molar-refractivity contribution < 1.29 is 26.7 Å². The fourth-order valence-electron chi connectivity index (χ4n) is 0.923. The fourth-order valence-corrected chi connectivity index (χ4v) is 1.54. The van der Waals surface area contributed by atoms with Crippen molar-refractivity contribution in [2.24, 2.45) is 0 Å². The molecule has 0 saturated heterocycles. The summed E-state index contributed by atoms with van der Waals surface area (Å²) in [7, 11) is 0. The van der Waals surface area contributed by atoms with E-state index in [1.54, 1.807) is 6.92 Å². The smallest absolute Gasteiger partial charge is 0.292 e. The minimum atomic E-state index is -5.85. The van der Waals surface area contributed by atoms with Crippen LogP contribution in [0.4, 0.5) is 22.0 Å². The Bertz CT molecular complexity index is 397. The minimum absolute atomic E-state index is 0.0728. The van der Waals surface area contributed by atoms with Crippen molar-refractivity contribution in [2.45, 2.75) is 25.4 Å². The van der Waals surface area contributed by atoms with E-state index in [1.165, 1.54) is 5.38 Å². The molecule has 0 amide bonds. The highest BCUT2D eigenvalue weighted by molar-refractivity contribution is 7.09. The topological polar surface area (TPSA) is 30.0 Å². The fraction of sp³-hybridized carbons (Fsp3) is 0.500. The molecule has 0 aliphatic carbocycles. The average Bonchev–Trinajstić information content (AvgIpc) is 2.49. The Balaban J connectivity index is 2.80. The third-order valence-electron chi connectivity index (χ3n) is 1.71. The highest BCUT2D eigenvalue weighted by atomic mass is 32.1. The van der Waals surface area contributed by atoms with Crippen LogP contribution >= 0.6 is 11.3 Å². The first-order valence-electron chi connectivity index (χ1n) is 4.03. The molecule has 16 heavy (non-hydrogen) atoms. The van der Waals surface area contributed by atoms with Gasteiger partial charge in [-0.25, -0.2) is 4.98 Å². The largest absolute Gasteiger partial charge is 0.461 e. The lowest BCUT2D eigenvalue weighted by atomic mass is 10.1. The van der Waals surface area contributed by atoms with Gasteiger partial charge in [0.1, 0.15) is 0 Å². The molecule has 0 aliphatic heterocycles. The highest BCUT2D eigenvalue weighted by Gasteiger charge is 2.62. The first kappa shape index (κ1) is 13.0. The number of alkyl halides is 5. The summed E-state index contributed by atoms with van der Waals surface area (Å²) < 4.78 is 60.4. The number of rotatable bonds is 3. The van der Waals surface area contributed by atoms with Crippen LogP contribution in [0.1, 0.15) is 10.7 Å². The van der Waals surface area contributed by atoms with Crippen LogP contribution in [0.15, 0.2) is 5.38 Å². The Labute approximate surface area is 91.1 Å². The average molecular weight is 259 g/mol. The van der Waals surface area contributed by atoms with E-state index in [4.69, 9.17) is 0 Å². The molecule has 0 fully saturated rings. The van der Waals surface area contributed by atoms with E-state index in [0.717, 1.165) is 11.3 Å². The molecule has 1 aromatic heterocycles. The van der Waals surface area contributed by atoms with Crippen LogP contribution in [0.5, 0.6) is 0 Å². The Morgan fingerprint density at radius 1 is 1.38 bits per heavy atom. The second-order valence-electron chi connectivity index (χ2n) is 3.03. The summed E-state index contributed by atoms with van der Waals surface area (Å²) in [5.41, 5.74) is -0.0728. The Morgan fingerprint density at radius 2 is 1.94 bits per heavy atom. The van der Waals surface area contributed by atoms with Gasteiger partial charge in [0.15, 0.2) is 0 Å². The molecule has 0 atom stereocenters. The number of thiazole rings is 1. The normalized spacial score (nSPS) is 12.9. The molecule has 1 rings (SSSR count). The molecule has 90 valence electrons. The van der Waals surface area contributed by atoms with Crippen LogP contribution < -0.4 is 0 Å². The number of hydrogen-bond acceptors (Lipinski definition) is 3. The first-order valence-corrected chi connectivity index (χ1v) is 4.91. The van der Waals surface area contributed by atoms with Crippen molar-refractivity contribution in [2.75, 3.05) is 0 Å². The Hall–Kier alpha value is -1.05. The lowest BCUT2D eigenvalue weighted by molar-refractivity contribution is -0.268. The molecular weight excluding hydrogens is 253 g/mol. The van der Waals surface area contributed by atoms with E-state index in [1.807, 2.05) is 0 Å². The van der Waals surface area contributed by atoms with Crippen LogP contribution in [-0.2, 0) is 11.2 Å². The molecule has 0 radical (unpaired) electrons. The van der Waals surface area contributed by atoms with Gasteiger partial charge in [0, 0.05) is 5.38 Å². The third-order valence-corrected chi connectivity index (χ3v) is 2.54. The SMILES string of the molecule is Cc1nc(CC(=O)C(F)(F)C(F)(F)F)cs1. The van der Waals surface area contributed by atoms with Crippen LogP contribution in [-0.4, -0.2) is 22.9 Å². The molecule has 1 heterocycles. The van der Waals surface area contributed by atoms with Gasteiger partial charge in [0.05, 0.1) is 17.1 Å². The number of carbonyl (C=O) groups excluding carboxylic acids is 1. The summed E-state index contributed by atoms with van der Waals surface area (Å²) in [5, 5.41) is 1.78. The molecule has 0 aliphatic rings. The maximum atomic E-state index is 12.5. The third kappa shape index (κ3) is 2.55. The van der Waals surface area contributed by atoms with Crippen molar-refractivity contribution in [3.05, 3.63) is 16.1 Å². The number of hydrogen-bond donors (Lipinski definition) is 0. The molecule has 0 saturated carbocycles. The Kier molecular flexibility index (Phi) is 3.32. The van der Waals surface area contributed by atoms with E-state index in [0.29, 0.717) is 5.01 Å². The zero-order valence-corrected chi connectivity index (χ0v) is 8.75. The molecule has 8 heteroatoms. The highest BCUT2D eigenvalue weighted by Crippen LogP contribution is 2.36.